The van der Waals surface area contributed by atoms with Crippen LogP contribution in [0.1, 0.15) is 26.3 Å². The van der Waals surface area contributed by atoms with E-state index in [1.807, 2.05) is 4.57 Å². The first-order valence-corrected chi connectivity index (χ1v) is 8.38. The van der Waals surface area contributed by atoms with Crippen LogP contribution in [0, 0.1) is 0 Å². The number of fused-ring (bicyclic) bond motifs is 1. The summed E-state index contributed by atoms with van der Waals surface area (Å²) < 4.78 is 7.60. The number of benzene rings is 1. The van der Waals surface area contributed by atoms with Gasteiger partial charge in [-0.15, -0.1) is 11.8 Å². The van der Waals surface area contributed by atoms with Crippen molar-refractivity contribution in [3.05, 3.63) is 52.4 Å². The van der Waals surface area contributed by atoms with E-state index in [4.69, 9.17) is 4.74 Å². The highest BCUT2D eigenvalue weighted by molar-refractivity contribution is 7.99. The minimum absolute atomic E-state index is 0.0570. The molecule has 0 aliphatic carbocycles. The molecule has 4 nitrogen and oxygen atoms in total. The molecule has 0 spiro atoms. The molecule has 1 unspecified atom stereocenters. The molecule has 1 aromatic heterocycles. The van der Waals surface area contributed by atoms with Crippen LogP contribution in [0.15, 0.2) is 46.2 Å². The highest BCUT2D eigenvalue weighted by atomic mass is 32.2. The van der Waals surface area contributed by atoms with Crippen molar-refractivity contribution in [1.29, 1.82) is 0 Å². The fourth-order valence-corrected chi connectivity index (χ4v) is 3.26. The van der Waals surface area contributed by atoms with Crippen LogP contribution in [0.3, 0.4) is 0 Å². The standard InChI is InChI=1S/C17H20N2O2S/c1-17(2,3)12-4-6-14(7-5-12)22-11-13-10-19-9-8-15(20)18-16(19)21-13/h4-9,13H,10-11H2,1-3H3. The van der Waals surface area contributed by atoms with Crippen LogP contribution in [0.25, 0.3) is 0 Å². The van der Waals surface area contributed by atoms with Crippen LogP contribution in [0.5, 0.6) is 6.01 Å². The molecule has 0 bridgehead atoms. The Labute approximate surface area is 134 Å². The molecular formula is C17H20N2O2S. The molecule has 22 heavy (non-hydrogen) atoms. The number of hydrogen-bond acceptors (Lipinski definition) is 4. The van der Waals surface area contributed by atoms with E-state index < -0.39 is 0 Å². The van der Waals surface area contributed by atoms with E-state index in [0.29, 0.717) is 6.01 Å². The van der Waals surface area contributed by atoms with Crippen LogP contribution in [0.4, 0.5) is 0 Å². The van der Waals surface area contributed by atoms with Crippen molar-refractivity contribution in [3.63, 3.8) is 0 Å². The average molecular weight is 316 g/mol. The maximum atomic E-state index is 11.2. The lowest BCUT2D eigenvalue weighted by molar-refractivity contribution is 0.250. The zero-order valence-corrected chi connectivity index (χ0v) is 13.9. The van der Waals surface area contributed by atoms with Gasteiger partial charge < -0.3 is 4.74 Å². The first-order valence-electron chi connectivity index (χ1n) is 7.39. The van der Waals surface area contributed by atoms with E-state index in [2.05, 4.69) is 50.0 Å². The van der Waals surface area contributed by atoms with Crippen molar-refractivity contribution in [2.24, 2.45) is 0 Å². The molecule has 0 fully saturated rings. The van der Waals surface area contributed by atoms with E-state index in [0.717, 1.165) is 12.3 Å². The van der Waals surface area contributed by atoms with E-state index in [1.165, 1.54) is 16.5 Å². The highest BCUT2D eigenvalue weighted by Gasteiger charge is 2.23. The molecule has 1 atom stereocenters. The third-order valence-electron chi connectivity index (χ3n) is 3.68. The van der Waals surface area contributed by atoms with Gasteiger partial charge in [0.05, 0.1) is 6.54 Å². The monoisotopic (exact) mass is 316 g/mol. The Morgan fingerprint density at radius 2 is 2.00 bits per heavy atom. The van der Waals surface area contributed by atoms with E-state index in [9.17, 15) is 4.79 Å². The molecule has 2 heterocycles. The van der Waals surface area contributed by atoms with E-state index >= 15 is 0 Å². The predicted octanol–water partition coefficient (Wildman–Crippen LogP) is 3.09. The Bertz CT molecular complexity index is 717. The van der Waals surface area contributed by atoms with Gasteiger partial charge in [-0.3, -0.25) is 9.36 Å². The minimum Gasteiger partial charge on any atom is -0.458 e. The smallest absolute Gasteiger partial charge is 0.300 e. The lowest BCUT2D eigenvalue weighted by atomic mass is 9.87. The quantitative estimate of drug-likeness (QED) is 0.816. The van der Waals surface area contributed by atoms with Crippen molar-refractivity contribution >= 4 is 11.8 Å². The maximum absolute atomic E-state index is 11.2. The SMILES string of the molecule is CC(C)(C)c1ccc(SCC2Cn3ccc(=O)nc3O2)cc1. The Morgan fingerprint density at radius 3 is 2.68 bits per heavy atom. The zero-order chi connectivity index (χ0) is 15.7. The van der Waals surface area contributed by atoms with Gasteiger partial charge in [-0.25, -0.2) is 0 Å². The third-order valence-corrected chi connectivity index (χ3v) is 4.82. The number of ether oxygens (including phenoxy) is 1. The molecule has 1 aliphatic rings. The van der Waals surface area contributed by atoms with Gasteiger partial charge >= 0.3 is 0 Å². The van der Waals surface area contributed by atoms with Crippen molar-refractivity contribution in [1.82, 2.24) is 9.55 Å². The van der Waals surface area contributed by atoms with Crippen molar-refractivity contribution in [2.75, 3.05) is 5.75 Å². The van der Waals surface area contributed by atoms with Crippen LogP contribution < -0.4 is 10.3 Å². The molecule has 116 valence electrons. The van der Waals surface area contributed by atoms with Crippen molar-refractivity contribution < 1.29 is 4.74 Å². The summed E-state index contributed by atoms with van der Waals surface area (Å²) in [6, 6.07) is 10.6. The fourth-order valence-electron chi connectivity index (χ4n) is 2.38. The van der Waals surface area contributed by atoms with Gasteiger partial charge in [-0.1, -0.05) is 32.9 Å². The van der Waals surface area contributed by atoms with Crippen LogP contribution in [0.2, 0.25) is 0 Å². The normalized spacial score (nSPS) is 17.1. The summed E-state index contributed by atoms with van der Waals surface area (Å²) in [6.45, 7) is 7.39. The number of aromatic nitrogens is 2. The summed E-state index contributed by atoms with van der Waals surface area (Å²) in [4.78, 5) is 16.3. The molecule has 0 amide bonds. The number of rotatable bonds is 3. The Balaban J connectivity index is 1.59. The summed E-state index contributed by atoms with van der Waals surface area (Å²) in [5.41, 5.74) is 1.26. The maximum Gasteiger partial charge on any atom is 0.300 e. The highest BCUT2D eigenvalue weighted by Crippen LogP contribution is 2.27. The second kappa shape index (κ2) is 5.80. The Hall–Kier alpha value is -1.75. The number of nitrogens with zero attached hydrogens (tertiary/aromatic N) is 2. The van der Waals surface area contributed by atoms with Gasteiger partial charge in [0.25, 0.3) is 11.6 Å². The molecule has 3 rings (SSSR count). The third kappa shape index (κ3) is 3.35. The Kier molecular flexibility index (Phi) is 4.00. The predicted molar refractivity (Wildman–Crippen MR) is 88.8 cm³/mol. The van der Waals surface area contributed by atoms with E-state index in [-0.39, 0.29) is 17.1 Å². The molecule has 5 heteroatoms. The molecule has 0 N–H and O–H groups in total. The van der Waals surface area contributed by atoms with Gasteiger partial charge in [0.15, 0.2) is 0 Å². The number of thioether (sulfide) groups is 1. The number of hydrogen-bond donors (Lipinski definition) is 0. The molecule has 2 aromatic rings. The molecule has 0 radical (unpaired) electrons. The van der Waals surface area contributed by atoms with Gasteiger partial charge in [0.2, 0.25) is 0 Å². The van der Waals surface area contributed by atoms with Gasteiger partial charge in [-0.2, -0.15) is 4.98 Å². The molecule has 1 aliphatic heterocycles. The van der Waals surface area contributed by atoms with Crippen LogP contribution >= 0.6 is 11.8 Å². The van der Waals surface area contributed by atoms with Crippen LogP contribution in [-0.2, 0) is 12.0 Å². The molecular weight excluding hydrogens is 296 g/mol. The van der Waals surface area contributed by atoms with Crippen LogP contribution in [-0.4, -0.2) is 21.4 Å². The Morgan fingerprint density at radius 1 is 1.27 bits per heavy atom. The average Bonchev–Trinajstić information content (AvgIpc) is 2.86. The summed E-state index contributed by atoms with van der Waals surface area (Å²) >= 11 is 1.77. The first kappa shape index (κ1) is 15.2. The summed E-state index contributed by atoms with van der Waals surface area (Å²) in [5.74, 6) is 0.840. The van der Waals surface area contributed by atoms with Gasteiger partial charge in [0.1, 0.15) is 6.10 Å². The second-order valence-electron chi connectivity index (χ2n) is 6.53. The minimum atomic E-state index is -0.252. The second-order valence-corrected chi connectivity index (χ2v) is 7.62. The lowest BCUT2D eigenvalue weighted by Gasteiger charge is -2.19. The summed E-state index contributed by atoms with van der Waals surface area (Å²) in [5, 5.41) is 0. The van der Waals surface area contributed by atoms with E-state index in [1.54, 1.807) is 18.0 Å². The summed E-state index contributed by atoms with van der Waals surface area (Å²) in [7, 11) is 0. The topological polar surface area (TPSA) is 44.1 Å². The molecule has 0 saturated carbocycles. The van der Waals surface area contributed by atoms with Crippen molar-refractivity contribution in [3.8, 4) is 6.01 Å². The largest absolute Gasteiger partial charge is 0.458 e. The summed E-state index contributed by atoms with van der Waals surface area (Å²) in [6.07, 6.45) is 1.80. The van der Waals surface area contributed by atoms with Gasteiger partial charge in [0, 0.05) is 22.9 Å². The first-order chi connectivity index (χ1) is 10.4. The molecule has 0 saturated heterocycles. The van der Waals surface area contributed by atoms with Crippen molar-refractivity contribution in [2.45, 2.75) is 43.7 Å². The zero-order valence-electron chi connectivity index (χ0n) is 13.1. The fraction of sp³-hybridized carbons (Fsp3) is 0.412. The lowest BCUT2D eigenvalue weighted by Crippen LogP contribution is -2.17. The molecule has 1 aromatic carbocycles. The van der Waals surface area contributed by atoms with Gasteiger partial charge in [-0.05, 0) is 23.1 Å².